The third-order valence-corrected chi connectivity index (χ3v) is 10.1. The second-order valence-electron chi connectivity index (χ2n) is 12.3. The molecule has 6 nitrogen and oxygen atoms in total. The van der Waals surface area contributed by atoms with Gasteiger partial charge in [-0.2, -0.15) is 31.6 Å². The quantitative estimate of drug-likeness (QED) is 0.252. The topological polar surface area (TPSA) is 84.6 Å². The Hall–Kier alpha value is -4.12. The summed E-state index contributed by atoms with van der Waals surface area (Å²) in [6, 6.07) is 6.90. The number of nitriles is 1. The van der Waals surface area contributed by atoms with Gasteiger partial charge < -0.3 is 14.9 Å². The van der Waals surface area contributed by atoms with E-state index in [-0.39, 0.29) is 23.4 Å². The van der Waals surface area contributed by atoms with Gasteiger partial charge in [-0.15, -0.1) is 11.3 Å². The van der Waals surface area contributed by atoms with Crippen molar-refractivity contribution >= 4 is 33.9 Å². The van der Waals surface area contributed by atoms with Crippen molar-refractivity contribution in [3.63, 3.8) is 0 Å². The van der Waals surface area contributed by atoms with E-state index in [0.29, 0.717) is 58.8 Å². The molecule has 0 unspecified atom stereocenters. The number of anilines is 2. The lowest BCUT2D eigenvalue weighted by atomic mass is 9.81. The highest BCUT2D eigenvalue weighted by molar-refractivity contribution is 7.20. The summed E-state index contributed by atoms with van der Waals surface area (Å²) >= 11 is 1.13. The number of halogens is 7. The maximum absolute atomic E-state index is 14.2. The second kappa shape index (κ2) is 12.8. The molecule has 1 amide bonds. The molecule has 0 bridgehead atoms. The van der Waals surface area contributed by atoms with Crippen molar-refractivity contribution in [1.29, 1.82) is 5.26 Å². The number of amides is 1. The van der Waals surface area contributed by atoms with E-state index in [1.54, 1.807) is 14.0 Å². The van der Waals surface area contributed by atoms with Crippen LogP contribution in [0.4, 0.5) is 41.4 Å². The van der Waals surface area contributed by atoms with Gasteiger partial charge in [0.05, 0.1) is 33.0 Å². The Morgan fingerprint density at radius 3 is 1.91 bits per heavy atom. The van der Waals surface area contributed by atoms with Crippen LogP contribution in [-0.4, -0.2) is 37.1 Å². The van der Waals surface area contributed by atoms with Crippen molar-refractivity contribution in [2.24, 2.45) is 5.92 Å². The fourth-order valence-corrected chi connectivity index (χ4v) is 7.39. The van der Waals surface area contributed by atoms with Crippen molar-refractivity contribution in [3.05, 3.63) is 70.0 Å². The normalized spacial score (nSPS) is 17.3. The van der Waals surface area contributed by atoms with Crippen molar-refractivity contribution in [2.75, 3.05) is 23.9 Å². The fourth-order valence-electron chi connectivity index (χ4n) is 5.98. The van der Waals surface area contributed by atoms with E-state index in [9.17, 15) is 50.7 Å². The molecule has 1 aromatic heterocycles. The number of thiophene rings is 1. The smallest absolute Gasteiger partial charge is 0.416 e. The number of aryl methyl sites for hydroxylation is 1. The minimum absolute atomic E-state index is 0.0120. The summed E-state index contributed by atoms with van der Waals surface area (Å²) in [4.78, 5) is 28.9. The minimum Gasteiger partial charge on any atom is -0.481 e. The van der Waals surface area contributed by atoms with Crippen molar-refractivity contribution in [3.8, 4) is 16.5 Å². The monoisotopic (exact) mass is 683 g/mol. The van der Waals surface area contributed by atoms with E-state index in [2.05, 4.69) is 6.07 Å². The van der Waals surface area contributed by atoms with E-state index in [1.165, 1.54) is 39.1 Å². The number of carbonyl (C=O) groups is 2. The largest absolute Gasteiger partial charge is 0.481 e. The first-order valence-corrected chi connectivity index (χ1v) is 15.4. The lowest BCUT2D eigenvalue weighted by Crippen LogP contribution is -2.42. The van der Waals surface area contributed by atoms with Gasteiger partial charge in [0.2, 0.25) is 5.91 Å². The number of aliphatic carboxylic acids is 1. The predicted molar refractivity (Wildman–Crippen MR) is 164 cm³/mol. The average Bonchev–Trinajstić information content (AvgIpc) is 3.38. The van der Waals surface area contributed by atoms with Crippen molar-refractivity contribution in [2.45, 2.75) is 70.3 Å². The van der Waals surface area contributed by atoms with Gasteiger partial charge in [0.25, 0.3) is 0 Å². The number of carboxylic acid groups (broad SMARTS) is 1. The summed E-state index contributed by atoms with van der Waals surface area (Å²) in [5.74, 6) is -2.81. The molecular formula is C33H32F7N3O3S. The van der Waals surface area contributed by atoms with Gasteiger partial charge in [0.15, 0.2) is 0 Å². The van der Waals surface area contributed by atoms with Crippen molar-refractivity contribution < 1.29 is 45.4 Å². The zero-order valence-corrected chi connectivity index (χ0v) is 26.9. The van der Waals surface area contributed by atoms with Crippen LogP contribution < -0.4 is 9.80 Å². The summed E-state index contributed by atoms with van der Waals surface area (Å²) in [6.45, 7) is 4.03. The molecule has 4 rings (SSSR count). The molecule has 0 saturated heterocycles. The molecule has 3 aromatic rings. The minimum atomic E-state index is -5.13. The van der Waals surface area contributed by atoms with Crippen LogP contribution in [0, 0.1) is 30.0 Å². The van der Waals surface area contributed by atoms with Gasteiger partial charge in [-0.25, -0.2) is 4.39 Å². The summed E-state index contributed by atoms with van der Waals surface area (Å²) in [5, 5.41) is 20.3. The molecule has 47 heavy (non-hydrogen) atoms. The SMILES string of the molecule is Cc1cc(F)ccc1-c1sc(N(C)[C@H]2CC[C@H](C(=O)O)CC2)c(C#N)c1N(C)C(=O)C(C)(C)c1cc(C(F)(F)F)cc(C(F)(F)F)c1. The van der Waals surface area contributed by atoms with Gasteiger partial charge in [-0.1, -0.05) is 6.07 Å². The van der Waals surface area contributed by atoms with Gasteiger partial charge >= 0.3 is 18.3 Å². The highest BCUT2D eigenvalue weighted by atomic mass is 32.1. The van der Waals surface area contributed by atoms with Crippen LogP contribution in [0.3, 0.4) is 0 Å². The van der Waals surface area contributed by atoms with E-state index < -0.39 is 58.1 Å². The molecule has 14 heteroatoms. The molecule has 1 aliphatic carbocycles. The molecule has 1 fully saturated rings. The molecule has 0 radical (unpaired) electrons. The summed E-state index contributed by atoms with van der Waals surface area (Å²) < 4.78 is 96.3. The molecule has 1 heterocycles. The van der Waals surface area contributed by atoms with E-state index in [1.807, 2.05) is 4.90 Å². The predicted octanol–water partition coefficient (Wildman–Crippen LogP) is 8.79. The molecule has 0 aliphatic heterocycles. The Morgan fingerprint density at radius 2 is 1.45 bits per heavy atom. The number of alkyl halides is 6. The standard InChI is InChI=1S/C33H32F7N3O3S/c1-17-12-22(34)8-11-24(17)27-26(25(16-41)28(47-27)42(4)23-9-6-18(7-10-23)29(44)45)43(5)30(46)31(2,3)19-13-20(32(35,36)37)15-21(14-19)33(38,39)40/h8,11-15,18,23H,6-7,9-10H2,1-5H3,(H,44,45)/t18-,23-. The molecule has 252 valence electrons. The van der Waals surface area contributed by atoms with Crippen LogP contribution in [0.2, 0.25) is 0 Å². The first-order chi connectivity index (χ1) is 21.7. The van der Waals surface area contributed by atoms with E-state index in [0.717, 1.165) is 16.2 Å². The number of hydrogen-bond acceptors (Lipinski definition) is 5. The molecule has 0 spiro atoms. The van der Waals surface area contributed by atoms with Gasteiger partial charge in [-0.3, -0.25) is 9.59 Å². The molecule has 0 atom stereocenters. The number of hydrogen-bond donors (Lipinski definition) is 1. The maximum atomic E-state index is 14.2. The van der Waals surface area contributed by atoms with Gasteiger partial charge in [0.1, 0.15) is 22.5 Å². The average molecular weight is 684 g/mol. The maximum Gasteiger partial charge on any atom is 0.416 e. The lowest BCUT2D eigenvalue weighted by Gasteiger charge is -2.34. The van der Waals surface area contributed by atoms with Crippen LogP contribution in [-0.2, 0) is 27.4 Å². The molecule has 1 saturated carbocycles. The third kappa shape index (κ3) is 7.10. The molecule has 1 aliphatic rings. The zero-order valence-electron chi connectivity index (χ0n) is 26.1. The van der Waals surface area contributed by atoms with Gasteiger partial charge in [0, 0.05) is 20.1 Å². The Kier molecular flexibility index (Phi) is 9.75. The zero-order chi connectivity index (χ0) is 35.2. The summed E-state index contributed by atoms with van der Waals surface area (Å²) in [5.41, 5.74) is -4.59. The summed E-state index contributed by atoms with van der Waals surface area (Å²) in [7, 11) is 3.02. The number of likely N-dealkylation sites (N-methyl/N-ethyl adjacent to an activating group) is 1. The Labute approximate surface area is 271 Å². The molecule has 2 aromatic carbocycles. The molecular weight excluding hydrogens is 651 g/mol. The highest BCUT2D eigenvalue weighted by Crippen LogP contribution is 2.50. The van der Waals surface area contributed by atoms with Gasteiger partial charge in [-0.05, 0) is 93.5 Å². The summed E-state index contributed by atoms with van der Waals surface area (Å²) in [6.07, 6.45) is -8.40. The number of carboxylic acids is 1. The van der Waals surface area contributed by atoms with Crippen LogP contribution in [0.1, 0.15) is 67.3 Å². The number of benzene rings is 2. The first-order valence-electron chi connectivity index (χ1n) is 14.6. The number of carbonyl (C=O) groups excluding carboxylic acids is 1. The Balaban J connectivity index is 1.87. The highest BCUT2D eigenvalue weighted by Gasteiger charge is 2.42. The molecule has 1 N–H and O–H groups in total. The Morgan fingerprint density at radius 1 is 0.915 bits per heavy atom. The van der Waals surface area contributed by atoms with Crippen molar-refractivity contribution in [1.82, 2.24) is 0 Å². The van der Waals surface area contributed by atoms with Crippen LogP contribution >= 0.6 is 11.3 Å². The second-order valence-corrected chi connectivity index (χ2v) is 13.3. The fraction of sp³-hybridized carbons (Fsp3) is 0.424. The third-order valence-electron chi connectivity index (χ3n) is 8.81. The van der Waals surface area contributed by atoms with E-state index >= 15 is 0 Å². The van der Waals surface area contributed by atoms with E-state index in [4.69, 9.17) is 0 Å². The number of nitrogens with zero attached hydrogens (tertiary/aromatic N) is 3. The van der Waals surface area contributed by atoms with Crippen LogP contribution in [0.25, 0.3) is 10.4 Å². The van der Waals surface area contributed by atoms with Crippen LogP contribution in [0.5, 0.6) is 0 Å². The number of rotatable bonds is 7. The first kappa shape index (κ1) is 35.7. The Bertz CT molecular complexity index is 1700. The van der Waals surface area contributed by atoms with Crippen LogP contribution in [0.15, 0.2) is 36.4 Å². The lowest BCUT2D eigenvalue weighted by molar-refractivity contribution is -0.144.